The molecule has 1 aromatic heterocycles. The van der Waals surface area contributed by atoms with Crippen LogP contribution in [0.15, 0.2) is 190 Å². The van der Waals surface area contributed by atoms with E-state index in [9.17, 15) is 0 Å². The van der Waals surface area contributed by atoms with Crippen molar-refractivity contribution in [2.75, 3.05) is 0 Å². The van der Waals surface area contributed by atoms with Gasteiger partial charge in [-0.2, -0.15) is 0 Å². The van der Waals surface area contributed by atoms with Gasteiger partial charge in [-0.15, -0.1) is 0 Å². The predicted molar refractivity (Wildman–Crippen MR) is 211 cm³/mol. The van der Waals surface area contributed by atoms with Gasteiger partial charge < -0.3 is 9.73 Å². The molecule has 8 aromatic carbocycles. The van der Waals surface area contributed by atoms with E-state index in [0.717, 1.165) is 55.6 Å². The van der Waals surface area contributed by atoms with E-state index in [-0.39, 0.29) is 6.17 Å². The van der Waals surface area contributed by atoms with E-state index >= 15 is 0 Å². The monoisotopic (exact) mass is 653 g/mol. The summed E-state index contributed by atoms with van der Waals surface area (Å²) in [5.41, 5.74) is 9.41. The summed E-state index contributed by atoms with van der Waals surface area (Å²) >= 11 is 0. The molecule has 1 N–H and O–H groups in total. The van der Waals surface area contributed by atoms with Crippen LogP contribution in [-0.4, -0.2) is 11.7 Å². The van der Waals surface area contributed by atoms with Gasteiger partial charge in [0.05, 0.1) is 0 Å². The fraction of sp³-hybridized carbons (Fsp3) is 0.0213. The molecule has 0 aliphatic carbocycles. The van der Waals surface area contributed by atoms with Crippen LogP contribution in [0.1, 0.15) is 22.9 Å². The van der Waals surface area contributed by atoms with Crippen LogP contribution in [0.2, 0.25) is 0 Å². The van der Waals surface area contributed by atoms with Crippen molar-refractivity contribution in [2.24, 2.45) is 9.98 Å². The van der Waals surface area contributed by atoms with Crippen molar-refractivity contribution >= 4 is 55.2 Å². The molecule has 0 saturated heterocycles. The van der Waals surface area contributed by atoms with Crippen LogP contribution in [-0.2, 0) is 0 Å². The molecule has 240 valence electrons. The summed E-state index contributed by atoms with van der Waals surface area (Å²) in [7, 11) is 0. The Bertz CT molecular complexity index is 2820. The van der Waals surface area contributed by atoms with Crippen LogP contribution in [0, 0.1) is 0 Å². The summed E-state index contributed by atoms with van der Waals surface area (Å²) in [6.07, 6.45) is -0.282. The van der Waals surface area contributed by atoms with E-state index in [1.54, 1.807) is 0 Å². The van der Waals surface area contributed by atoms with E-state index in [1.807, 2.05) is 48.5 Å². The largest absolute Gasteiger partial charge is 0.456 e. The lowest BCUT2D eigenvalue weighted by Gasteiger charge is -2.23. The topological polar surface area (TPSA) is 49.9 Å². The molecule has 9 aromatic rings. The molecule has 0 saturated carbocycles. The second-order valence-corrected chi connectivity index (χ2v) is 13.0. The summed E-state index contributed by atoms with van der Waals surface area (Å²) in [5, 5.41) is 10.6. The maximum absolute atomic E-state index is 6.44. The number of benzene rings is 8. The third-order valence-corrected chi connectivity index (χ3v) is 9.92. The van der Waals surface area contributed by atoms with Gasteiger partial charge in [-0.05, 0) is 79.7 Å². The molecule has 2 heterocycles. The average Bonchev–Trinajstić information content (AvgIpc) is 3.59. The van der Waals surface area contributed by atoms with Gasteiger partial charge in [0, 0.05) is 21.9 Å². The second-order valence-electron chi connectivity index (χ2n) is 13.0. The first kappa shape index (κ1) is 29.2. The molecule has 1 aliphatic rings. The lowest BCUT2D eigenvalue weighted by atomic mass is 9.94. The second kappa shape index (κ2) is 12.0. The minimum atomic E-state index is -0.282. The fourth-order valence-corrected chi connectivity index (χ4v) is 7.36. The fourth-order valence-electron chi connectivity index (χ4n) is 7.36. The predicted octanol–water partition coefficient (Wildman–Crippen LogP) is 11.7. The Morgan fingerprint density at radius 2 is 1.10 bits per heavy atom. The van der Waals surface area contributed by atoms with Crippen LogP contribution in [0.4, 0.5) is 0 Å². The number of fused-ring (bicyclic) bond motifs is 6. The van der Waals surface area contributed by atoms with Gasteiger partial charge in [0.15, 0.2) is 5.84 Å². The molecule has 1 aliphatic heterocycles. The van der Waals surface area contributed by atoms with Crippen LogP contribution in [0.3, 0.4) is 0 Å². The van der Waals surface area contributed by atoms with Crippen molar-refractivity contribution in [3.05, 3.63) is 193 Å². The number of aliphatic imine (C=N–C) groups is 2. The molecule has 0 fully saturated rings. The van der Waals surface area contributed by atoms with Crippen LogP contribution >= 0.6 is 0 Å². The quantitative estimate of drug-likeness (QED) is 0.188. The molecule has 10 rings (SSSR count). The Morgan fingerprint density at radius 1 is 0.451 bits per heavy atom. The summed E-state index contributed by atoms with van der Waals surface area (Å²) < 4.78 is 6.44. The van der Waals surface area contributed by atoms with Crippen molar-refractivity contribution in [3.8, 4) is 22.3 Å². The number of nitrogens with zero attached hydrogens (tertiary/aromatic N) is 2. The summed E-state index contributed by atoms with van der Waals surface area (Å²) in [6.45, 7) is 0. The molecule has 0 bridgehead atoms. The Kier molecular flexibility index (Phi) is 6.85. The zero-order valence-electron chi connectivity index (χ0n) is 27.6. The molecule has 51 heavy (non-hydrogen) atoms. The number of amidine groups is 2. The maximum atomic E-state index is 6.44. The highest BCUT2D eigenvalue weighted by Crippen LogP contribution is 2.38. The normalized spacial score (nSPS) is 14.5. The van der Waals surface area contributed by atoms with Crippen molar-refractivity contribution in [3.63, 3.8) is 0 Å². The molecule has 0 amide bonds. The number of hydrogen-bond acceptors (Lipinski definition) is 4. The molecule has 1 unspecified atom stereocenters. The van der Waals surface area contributed by atoms with Crippen molar-refractivity contribution in [1.29, 1.82) is 0 Å². The summed E-state index contributed by atoms with van der Waals surface area (Å²) in [4.78, 5) is 10.3. The van der Waals surface area contributed by atoms with Gasteiger partial charge in [-0.25, -0.2) is 9.98 Å². The van der Waals surface area contributed by atoms with Gasteiger partial charge in [0.2, 0.25) is 0 Å². The van der Waals surface area contributed by atoms with Gasteiger partial charge >= 0.3 is 0 Å². The number of hydrogen-bond donors (Lipinski definition) is 1. The molecular weight excluding hydrogens is 623 g/mol. The Labute approximate surface area is 295 Å². The third-order valence-electron chi connectivity index (χ3n) is 9.92. The van der Waals surface area contributed by atoms with Gasteiger partial charge in [0.25, 0.3) is 0 Å². The van der Waals surface area contributed by atoms with Gasteiger partial charge in [0.1, 0.15) is 23.2 Å². The molecule has 4 nitrogen and oxygen atoms in total. The van der Waals surface area contributed by atoms with Crippen LogP contribution in [0.5, 0.6) is 0 Å². The first-order valence-electron chi connectivity index (χ1n) is 17.3. The van der Waals surface area contributed by atoms with E-state index in [2.05, 4.69) is 133 Å². The number of nitrogens with one attached hydrogen (secondary N) is 1. The molecule has 4 heteroatoms. The SMILES string of the molecule is c1ccc(C2=NC(c3cccc4oc5ccc(-c6ccc7c(ccc8ccc(-c9ccccc9)cc87)c6)cc5c34)=NC(c3ccccc3)N2)cc1. The Morgan fingerprint density at radius 3 is 1.92 bits per heavy atom. The lowest BCUT2D eigenvalue weighted by Crippen LogP contribution is -2.33. The van der Waals surface area contributed by atoms with Crippen molar-refractivity contribution < 1.29 is 4.42 Å². The van der Waals surface area contributed by atoms with Gasteiger partial charge in [-0.3, -0.25) is 0 Å². The van der Waals surface area contributed by atoms with Crippen LogP contribution in [0.25, 0.3) is 65.7 Å². The Hall–Kier alpha value is -6.78. The molecule has 0 radical (unpaired) electrons. The highest BCUT2D eigenvalue weighted by Gasteiger charge is 2.23. The summed E-state index contributed by atoms with van der Waals surface area (Å²) in [6, 6.07) is 61.8. The van der Waals surface area contributed by atoms with Crippen LogP contribution < -0.4 is 5.32 Å². The molecule has 1 atom stereocenters. The minimum absolute atomic E-state index is 0.282. The number of rotatable bonds is 5. The minimum Gasteiger partial charge on any atom is -0.456 e. The lowest BCUT2D eigenvalue weighted by molar-refractivity contribution is 0.668. The average molecular weight is 654 g/mol. The maximum Gasteiger partial charge on any atom is 0.160 e. The molecular formula is C47H31N3O. The van der Waals surface area contributed by atoms with Crippen molar-refractivity contribution in [2.45, 2.75) is 6.17 Å². The zero-order chi connectivity index (χ0) is 33.7. The summed E-state index contributed by atoms with van der Waals surface area (Å²) in [5.74, 6) is 1.46. The van der Waals surface area contributed by atoms with E-state index in [4.69, 9.17) is 14.4 Å². The van der Waals surface area contributed by atoms with Gasteiger partial charge in [-0.1, -0.05) is 146 Å². The Balaban J connectivity index is 1.10. The van der Waals surface area contributed by atoms with E-state index < -0.39 is 0 Å². The van der Waals surface area contributed by atoms with Crippen molar-refractivity contribution in [1.82, 2.24) is 5.32 Å². The van der Waals surface area contributed by atoms with E-state index in [1.165, 1.54) is 32.7 Å². The van der Waals surface area contributed by atoms with E-state index in [0.29, 0.717) is 5.84 Å². The number of furan rings is 1. The standard InChI is InChI=1S/C47H31N3O/c1-4-11-30(12-5-1)35-21-19-31-20-22-37-27-34(23-25-38(37)40(31)28-35)36-24-26-42-41(29-36)44-39(17-10-18-43(44)51-42)47-49-45(32-13-6-2-7-14-32)48-46(50-47)33-15-8-3-9-16-33/h1-29,45H,(H,48,49,50). The zero-order valence-corrected chi connectivity index (χ0v) is 27.6. The smallest absolute Gasteiger partial charge is 0.160 e. The highest BCUT2D eigenvalue weighted by molar-refractivity contribution is 6.22. The third kappa shape index (κ3) is 5.17. The first-order valence-corrected chi connectivity index (χ1v) is 17.3. The molecule has 0 spiro atoms. The highest BCUT2D eigenvalue weighted by atomic mass is 16.3. The first-order chi connectivity index (χ1) is 25.2.